The number of nitrogens with one attached hydrogen (secondary N) is 3. The lowest BCUT2D eigenvalue weighted by Crippen LogP contribution is -2.60. The molecule has 0 saturated carbocycles. The van der Waals surface area contributed by atoms with Gasteiger partial charge >= 0.3 is 11.7 Å². The van der Waals surface area contributed by atoms with Crippen LogP contribution in [0.3, 0.4) is 0 Å². The smallest absolute Gasteiger partial charge is 0.373 e. The Morgan fingerprint density at radius 2 is 1.85 bits per heavy atom. The van der Waals surface area contributed by atoms with Crippen LogP contribution < -0.4 is 31.2 Å². The molecule has 1 unspecified atom stereocenters. The number of dihydropyridines is 1. The standard InChI is InChI=1S/C27H23N3O10.C8H9NO3S/c1-13-23(25(35)16-9-18(31)19(32)10-21(16)40-13)26(36)30-24(14-3-5-15(6-4-14)39-12-22(33)34)27(37)29-17-11-28-8-7-20(17)38-2;1-4-6(10)9-5(8(11)12)2-3-13-7(4)9/h3-6,8-10,24,28H,11-12H2,1-2H3,(H4-,29,30,31,32,33,34,35,36,37);2,4,7H,3H2,1H3,(H,11,12)/t;4-,7-/m.0/s1. The van der Waals surface area contributed by atoms with Gasteiger partial charge in [0.25, 0.3) is 11.8 Å². The highest BCUT2D eigenvalue weighted by molar-refractivity contribution is 8.00. The molecule has 3 aliphatic rings. The molecule has 276 valence electrons. The van der Waals surface area contributed by atoms with Crippen LogP contribution in [0.4, 0.5) is 0 Å². The van der Waals surface area contributed by atoms with Crippen LogP contribution in [-0.2, 0) is 23.9 Å². The maximum atomic E-state index is 13.5. The Hall–Kier alpha value is -6.52. The normalized spacial score (nSPS) is 17.8. The van der Waals surface area contributed by atoms with E-state index in [4.69, 9.17) is 19.0 Å². The maximum absolute atomic E-state index is 13.5. The summed E-state index contributed by atoms with van der Waals surface area (Å²) in [5.41, 5.74) is -0.595. The lowest BCUT2D eigenvalue weighted by Gasteiger charge is -2.48. The van der Waals surface area contributed by atoms with Crippen LogP contribution in [0, 0.1) is 18.9 Å². The SMILES string of the molecule is COC1=C(NC(=O)C(NC(=O)c2c(C)oc3cc(O)c(O)cc3c2=O)c2ccc(OCC(=O)O)cc2)CNC=[C+]1.C[C@H]1C(=O)N2C(C(=O)[O-])=CCS[C@@H]12. The van der Waals surface area contributed by atoms with Gasteiger partial charge in [-0.3, -0.25) is 24.1 Å². The fraction of sp³-hybridized carbons (Fsp3) is 0.257. The summed E-state index contributed by atoms with van der Waals surface area (Å²) in [7, 11) is 1.40. The summed E-state index contributed by atoms with van der Waals surface area (Å²) in [6.45, 7) is 2.81. The summed E-state index contributed by atoms with van der Waals surface area (Å²) < 4.78 is 15.9. The monoisotopic (exact) mass is 748 g/mol. The van der Waals surface area contributed by atoms with Crippen LogP contribution in [0.25, 0.3) is 11.0 Å². The third kappa shape index (κ3) is 8.03. The third-order valence-corrected chi connectivity index (χ3v) is 9.48. The Kier molecular flexibility index (Phi) is 11.2. The maximum Gasteiger partial charge on any atom is 0.373 e. The Labute approximate surface area is 304 Å². The molecule has 2 aromatic carbocycles. The number of allylic oxidation sites excluding steroid dienone is 1. The van der Waals surface area contributed by atoms with Crippen molar-refractivity contribution in [3.63, 3.8) is 0 Å². The molecule has 6 N–H and O–H groups in total. The summed E-state index contributed by atoms with van der Waals surface area (Å²) >= 11 is 1.58. The van der Waals surface area contributed by atoms with Gasteiger partial charge in [0.05, 0.1) is 35.5 Å². The number of ether oxygens (including phenoxy) is 2. The van der Waals surface area contributed by atoms with E-state index in [0.29, 0.717) is 11.4 Å². The van der Waals surface area contributed by atoms with Crippen molar-refractivity contribution < 1.29 is 58.3 Å². The van der Waals surface area contributed by atoms with Crippen molar-refractivity contribution in [2.24, 2.45) is 5.92 Å². The lowest BCUT2D eigenvalue weighted by atomic mass is 9.99. The lowest BCUT2D eigenvalue weighted by molar-refractivity contribution is -0.301. The Bertz CT molecular complexity index is 2140. The van der Waals surface area contributed by atoms with Crippen molar-refractivity contribution >= 4 is 52.4 Å². The van der Waals surface area contributed by atoms with E-state index in [1.807, 2.05) is 6.92 Å². The number of methoxy groups -OCH3 is 1. The number of benzene rings is 2. The number of rotatable bonds is 10. The number of carbonyl (C=O) groups is 5. The molecule has 1 fully saturated rings. The second-order valence-corrected chi connectivity index (χ2v) is 12.8. The summed E-state index contributed by atoms with van der Waals surface area (Å²) in [5.74, 6) is -4.29. The highest BCUT2D eigenvalue weighted by atomic mass is 32.2. The molecule has 3 aromatic rings. The summed E-state index contributed by atoms with van der Waals surface area (Å²) in [6.07, 6.45) is 5.85. The number of β-lactam (4-membered cyclic amide) rings is 1. The zero-order valence-electron chi connectivity index (χ0n) is 28.3. The Balaban J connectivity index is 0.000000347. The number of fused-ring (bicyclic) bond motifs is 2. The number of nitrogens with zero attached hydrogens (tertiary/aromatic N) is 1. The summed E-state index contributed by atoms with van der Waals surface area (Å²) in [6, 6.07) is 6.44. The second-order valence-electron chi connectivity index (χ2n) is 11.6. The fourth-order valence-electron chi connectivity index (χ4n) is 5.53. The number of thioether (sulfide) groups is 1. The predicted octanol–water partition coefficient (Wildman–Crippen LogP) is 0.513. The van der Waals surface area contributed by atoms with Crippen LogP contribution in [-0.4, -0.2) is 81.3 Å². The van der Waals surface area contributed by atoms with Crippen molar-refractivity contribution in [1.29, 1.82) is 0 Å². The van der Waals surface area contributed by atoms with Crippen LogP contribution in [0.15, 0.2) is 75.0 Å². The van der Waals surface area contributed by atoms with E-state index in [-0.39, 0.29) is 63.2 Å². The number of phenolic OH excluding ortho intramolecular Hbond substituents is 2. The number of aromatic hydroxyl groups is 2. The van der Waals surface area contributed by atoms with Gasteiger partial charge in [0.15, 0.2) is 30.4 Å². The number of amides is 3. The van der Waals surface area contributed by atoms with Gasteiger partial charge in [-0.2, -0.15) is 0 Å². The van der Waals surface area contributed by atoms with Crippen LogP contribution >= 0.6 is 11.8 Å². The number of hydrogen-bond acceptors (Lipinski definition) is 14. The van der Waals surface area contributed by atoms with Gasteiger partial charge in [-0.1, -0.05) is 19.1 Å². The highest BCUT2D eigenvalue weighted by Crippen LogP contribution is 2.40. The molecule has 6 rings (SSSR count). The zero-order valence-corrected chi connectivity index (χ0v) is 29.1. The predicted molar refractivity (Wildman–Crippen MR) is 184 cm³/mol. The van der Waals surface area contributed by atoms with E-state index in [1.54, 1.807) is 11.8 Å². The molecule has 0 radical (unpaired) electrons. The molecule has 4 heterocycles. The van der Waals surface area contributed by atoms with Crippen LogP contribution in [0.2, 0.25) is 0 Å². The fourth-order valence-corrected chi connectivity index (χ4v) is 6.75. The number of carbonyl (C=O) groups excluding carboxylic acids is 4. The molecule has 17 nitrogen and oxygen atoms in total. The van der Waals surface area contributed by atoms with Crippen molar-refractivity contribution in [1.82, 2.24) is 20.9 Å². The molecule has 3 atom stereocenters. The van der Waals surface area contributed by atoms with Gasteiger partial charge in [0.1, 0.15) is 35.2 Å². The number of carboxylic acid groups (broad SMARTS) is 2. The van der Waals surface area contributed by atoms with E-state index in [9.17, 15) is 44.1 Å². The minimum atomic E-state index is -1.35. The third-order valence-electron chi connectivity index (χ3n) is 8.16. The molecule has 3 amide bonds. The van der Waals surface area contributed by atoms with Crippen molar-refractivity contribution in [3.8, 4) is 17.2 Å². The van der Waals surface area contributed by atoms with E-state index in [0.717, 1.165) is 12.1 Å². The zero-order chi connectivity index (χ0) is 38.6. The Morgan fingerprint density at radius 1 is 1.15 bits per heavy atom. The van der Waals surface area contributed by atoms with Crippen molar-refractivity contribution in [3.05, 3.63) is 99.0 Å². The van der Waals surface area contributed by atoms with Crippen molar-refractivity contribution in [2.45, 2.75) is 25.3 Å². The first-order chi connectivity index (χ1) is 25.2. The molecule has 0 bridgehead atoms. The highest BCUT2D eigenvalue weighted by Gasteiger charge is 2.47. The first-order valence-corrected chi connectivity index (χ1v) is 16.8. The number of aliphatic carboxylic acids is 2. The van der Waals surface area contributed by atoms with E-state index < -0.39 is 58.9 Å². The number of hydrogen-bond donors (Lipinski definition) is 6. The van der Waals surface area contributed by atoms with Crippen molar-refractivity contribution in [2.75, 3.05) is 26.0 Å². The van der Waals surface area contributed by atoms with Gasteiger partial charge in [-0.05, 0) is 36.8 Å². The molecule has 1 aromatic heterocycles. The minimum Gasteiger partial charge on any atom is -0.543 e. The van der Waals surface area contributed by atoms with E-state index in [2.05, 4.69) is 22.0 Å². The average Bonchev–Trinajstić information content (AvgIpc) is 3.13. The average molecular weight is 749 g/mol. The molecular formula is C35H32N4O13S. The molecular weight excluding hydrogens is 716 g/mol. The van der Waals surface area contributed by atoms with Crippen LogP contribution in [0.1, 0.15) is 34.6 Å². The first kappa shape index (κ1) is 37.7. The number of carboxylic acids is 2. The summed E-state index contributed by atoms with van der Waals surface area (Å²) in [5, 5.41) is 47.0. The van der Waals surface area contributed by atoms with E-state index >= 15 is 0 Å². The number of phenols is 2. The van der Waals surface area contributed by atoms with Gasteiger partial charge in [0, 0.05) is 11.8 Å². The minimum absolute atomic E-state index is 0.00500. The van der Waals surface area contributed by atoms with E-state index in [1.165, 1.54) is 55.5 Å². The first-order valence-electron chi connectivity index (χ1n) is 15.7. The van der Waals surface area contributed by atoms with Gasteiger partial charge < -0.3 is 49.7 Å². The number of aryl methyl sites for hydroxylation is 1. The topological polar surface area (TPSA) is 257 Å². The molecule has 0 spiro atoms. The molecule has 1 saturated heterocycles. The molecule has 0 aliphatic carbocycles. The van der Waals surface area contributed by atoms with Crippen LogP contribution in [0.5, 0.6) is 17.2 Å². The Morgan fingerprint density at radius 3 is 2.51 bits per heavy atom. The largest absolute Gasteiger partial charge is 0.543 e. The molecule has 18 heteroatoms. The van der Waals surface area contributed by atoms with Gasteiger partial charge in [-0.25, -0.2) is 10.1 Å². The summed E-state index contributed by atoms with van der Waals surface area (Å²) in [4.78, 5) is 74.1. The molecule has 53 heavy (non-hydrogen) atoms. The quantitative estimate of drug-likeness (QED) is 0.0938. The van der Waals surface area contributed by atoms with Gasteiger partial charge in [0.2, 0.25) is 17.0 Å². The van der Waals surface area contributed by atoms with Gasteiger partial charge in [-0.15, -0.1) is 11.8 Å². The second kappa shape index (κ2) is 15.8. The molecule has 3 aliphatic heterocycles.